The fourth-order valence-electron chi connectivity index (χ4n) is 3.86. The molecular weight excluding hydrogens is 334 g/mol. The number of rotatable bonds is 2. The molecule has 3 amide bonds. The Balaban J connectivity index is 1.49. The van der Waals surface area contributed by atoms with E-state index in [2.05, 4.69) is 10.3 Å². The van der Waals surface area contributed by atoms with Crippen LogP contribution in [0.15, 0.2) is 48.5 Å². The van der Waals surface area contributed by atoms with Crippen molar-refractivity contribution in [3.8, 4) is 0 Å². The lowest BCUT2D eigenvalue weighted by Crippen LogP contribution is -2.41. The Labute approximate surface area is 148 Å². The number of hydrogen-bond donors (Lipinski definition) is 1. The van der Waals surface area contributed by atoms with Crippen LogP contribution in [0.4, 0.5) is 4.79 Å². The minimum Gasteiger partial charge on any atom is -0.319 e. The maximum atomic E-state index is 13.1. The van der Waals surface area contributed by atoms with E-state index in [1.165, 1.54) is 16.2 Å². The molecular formula is C19H15N3O2S. The minimum absolute atomic E-state index is 0.165. The van der Waals surface area contributed by atoms with Crippen LogP contribution >= 0.6 is 11.3 Å². The smallest absolute Gasteiger partial charge is 0.319 e. The van der Waals surface area contributed by atoms with Gasteiger partial charge in [0.05, 0.1) is 16.8 Å². The van der Waals surface area contributed by atoms with Gasteiger partial charge in [-0.1, -0.05) is 36.4 Å². The second-order valence-electron chi connectivity index (χ2n) is 6.46. The van der Waals surface area contributed by atoms with Gasteiger partial charge in [0, 0.05) is 0 Å². The second-order valence-corrected chi connectivity index (χ2v) is 7.57. The Kier molecular flexibility index (Phi) is 3.00. The first-order valence-electron chi connectivity index (χ1n) is 8.24. The van der Waals surface area contributed by atoms with Crippen LogP contribution in [0.3, 0.4) is 0 Å². The van der Waals surface area contributed by atoms with Crippen LogP contribution in [0, 0.1) is 0 Å². The molecule has 1 fully saturated rings. The molecule has 0 unspecified atom stereocenters. The summed E-state index contributed by atoms with van der Waals surface area (Å²) >= 11 is 1.52. The number of aromatic nitrogens is 1. The molecule has 124 valence electrons. The van der Waals surface area contributed by atoms with Gasteiger partial charge < -0.3 is 5.32 Å². The van der Waals surface area contributed by atoms with Crippen LogP contribution in [0.2, 0.25) is 0 Å². The zero-order chi connectivity index (χ0) is 17.0. The van der Waals surface area contributed by atoms with E-state index in [1.807, 2.05) is 48.5 Å². The number of amides is 3. The van der Waals surface area contributed by atoms with Gasteiger partial charge in [-0.3, -0.25) is 9.69 Å². The van der Waals surface area contributed by atoms with Crippen molar-refractivity contribution in [3.05, 3.63) is 64.7 Å². The molecule has 0 saturated carbocycles. The standard InChI is InChI=1S/C19H15N3O2S/c23-17-19(10-9-12-5-1-2-6-13(12)19)21-18(24)22(17)11-16-20-14-7-3-4-8-15(14)25-16/h1-8H,9-11H2,(H,21,24)/t19-/m1/s1. The Morgan fingerprint density at radius 1 is 1.12 bits per heavy atom. The highest BCUT2D eigenvalue weighted by Crippen LogP contribution is 2.41. The van der Waals surface area contributed by atoms with E-state index in [0.29, 0.717) is 6.42 Å². The highest BCUT2D eigenvalue weighted by atomic mass is 32.1. The minimum atomic E-state index is -0.898. The summed E-state index contributed by atoms with van der Waals surface area (Å²) in [5.41, 5.74) is 2.07. The van der Waals surface area contributed by atoms with Crippen molar-refractivity contribution >= 4 is 33.5 Å². The Morgan fingerprint density at radius 2 is 1.92 bits per heavy atom. The summed E-state index contributed by atoms with van der Waals surface area (Å²) in [5.74, 6) is -0.165. The van der Waals surface area contributed by atoms with Crippen molar-refractivity contribution in [2.45, 2.75) is 24.9 Å². The van der Waals surface area contributed by atoms with Crippen LogP contribution in [-0.4, -0.2) is 21.8 Å². The summed E-state index contributed by atoms with van der Waals surface area (Å²) in [6.45, 7) is 0.216. The summed E-state index contributed by atoms with van der Waals surface area (Å²) in [7, 11) is 0. The number of nitrogens with one attached hydrogen (secondary N) is 1. The number of para-hydroxylation sites is 1. The van der Waals surface area contributed by atoms with E-state index in [4.69, 9.17) is 0 Å². The van der Waals surface area contributed by atoms with Gasteiger partial charge in [0.2, 0.25) is 0 Å². The molecule has 2 aliphatic rings. The molecule has 2 heterocycles. The average Bonchev–Trinajstić information content (AvgIpc) is 3.27. The molecule has 25 heavy (non-hydrogen) atoms. The number of fused-ring (bicyclic) bond motifs is 3. The van der Waals surface area contributed by atoms with E-state index in [0.717, 1.165) is 32.8 Å². The molecule has 1 spiro atoms. The number of benzene rings is 2. The second kappa shape index (κ2) is 5.13. The van der Waals surface area contributed by atoms with E-state index >= 15 is 0 Å². The van der Waals surface area contributed by atoms with Crippen LogP contribution in [-0.2, 0) is 23.3 Å². The SMILES string of the molecule is O=C1N[C@@]2(CCc3ccccc32)C(=O)N1Cc1nc2ccccc2s1. The van der Waals surface area contributed by atoms with Gasteiger partial charge >= 0.3 is 6.03 Å². The highest BCUT2D eigenvalue weighted by Gasteiger charge is 2.55. The van der Waals surface area contributed by atoms with Gasteiger partial charge in [-0.05, 0) is 36.1 Å². The van der Waals surface area contributed by atoms with Crippen LogP contribution in [0.25, 0.3) is 10.2 Å². The largest absolute Gasteiger partial charge is 0.325 e. The summed E-state index contributed by atoms with van der Waals surface area (Å²) in [6.07, 6.45) is 1.42. The molecule has 1 atom stereocenters. The van der Waals surface area contributed by atoms with E-state index in [1.54, 1.807) is 0 Å². The van der Waals surface area contributed by atoms with Crippen molar-refractivity contribution in [1.82, 2.24) is 15.2 Å². The zero-order valence-electron chi connectivity index (χ0n) is 13.4. The third-order valence-corrected chi connectivity index (χ3v) is 6.07. The van der Waals surface area contributed by atoms with E-state index in [9.17, 15) is 9.59 Å². The van der Waals surface area contributed by atoms with Crippen molar-refractivity contribution in [2.24, 2.45) is 0 Å². The van der Waals surface area contributed by atoms with Crippen LogP contribution < -0.4 is 5.32 Å². The topological polar surface area (TPSA) is 62.3 Å². The van der Waals surface area contributed by atoms with Gasteiger partial charge in [-0.2, -0.15) is 0 Å². The Morgan fingerprint density at radius 3 is 2.80 bits per heavy atom. The van der Waals surface area contributed by atoms with Crippen molar-refractivity contribution < 1.29 is 9.59 Å². The van der Waals surface area contributed by atoms with Gasteiger partial charge in [-0.25, -0.2) is 9.78 Å². The number of carbonyl (C=O) groups is 2. The predicted molar refractivity (Wildman–Crippen MR) is 95.1 cm³/mol. The fourth-order valence-corrected chi connectivity index (χ4v) is 4.81. The van der Waals surface area contributed by atoms with Crippen LogP contribution in [0.5, 0.6) is 0 Å². The molecule has 3 aromatic rings. The van der Waals surface area contributed by atoms with Gasteiger partial charge in [0.25, 0.3) is 5.91 Å². The third-order valence-electron chi connectivity index (χ3n) is 5.05. The van der Waals surface area contributed by atoms with Gasteiger partial charge in [0.15, 0.2) is 0 Å². The lowest BCUT2D eigenvalue weighted by Gasteiger charge is -2.22. The quantitative estimate of drug-likeness (QED) is 0.723. The summed E-state index contributed by atoms with van der Waals surface area (Å²) < 4.78 is 1.06. The molecule has 5 nitrogen and oxygen atoms in total. The number of urea groups is 1. The first-order valence-corrected chi connectivity index (χ1v) is 9.06. The molecule has 1 N–H and O–H groups in total. The fraction of sp³-hybridized carbons (Fsp3) is 0.211. The first-order chi connectivity index (χ1) is 12.2. The van der Waals surface area contributed by atoms with Crippen molar-refractivity contribution in [3.63, 3.8) is 0 Å². The number of aryl methyl sites for hydroxylation is 1. The first kappa shape index (κ1) is 14.6. The predicted octanol–water partition coefficient (Wildman–Crippen LogP) is 3.19. The Bertz CT molecular complexity index is 995. The lowest BCUT2D eigenvalue weighted by molar-refractivity contribution is -0.132. The summed E-state index contributed by atoms with van der Waals surface area (Å²) in [4.78, 5) is 31.5. The summed E-state index contributed by atoms with van der Waals surface area (Å²) in [5, 5.41) is 3.72. The highest BCUT2D eigenvalue weighted by molar-refractivity contribution is 7.18. The number of imide groups is 1. The molecule has 2 aromatic carbocycles. The number of hydrogen-bond acceptors (Lipinski definition) is 4. The van der Waals surface area contributed by atoms with E-state index in [-0.39, 0.29) is 18.5 Å². The maximum absolute atomic E-state index is 13.1. The zero-order valence-corrected chi connectivity index (χ0v) is 14.2. The molecule has 1 aromatic heterocycles. The molecule has 0 bridgehead atoms. The Hall–Kier alpha value is -2.73. The monoisotopic (exact) mass is 349 g/mol. The van der Waals surface area contributed by atoms with Crippen molar-refractivity contribution in [1.29, 1.82) is 0 Å². The van der Waals surface area contributed by atoms with Crippen molar-refractivity contribution in [2.75, 3.05) is 0 Å². The molecule has 6 heteroatoms. The van der Waals surface area contributed by atoms with Crippen LogP contribution in [0.1, 0.15) is 22.6 Å². The summed E-state index contributed by atoms with van der Waals surface area (Å²) in [6, 6.07) is 15.4. The number of thiazole rings is 1. The normalized spacial score (nSPS) is 22.0. The molecule has 1 aliphatic carbocycles. The maximum Gasteiger partial charge on any atom is 0.325 e. The molecule has 0 radical (unpaired) electrons. The van der Waals surface area contributed by atoms with E-state index < -0.39 is 5.54 Å². The van der Waals surface area contributed by atoms with Gasteiger partial charge in [0.1, 0.15) is 10.5 Å². The number of nitrogens with zero attached hydrogens (tertiary/aromatic N) is 2. The average molecular weight is 349 g/mol. The molecule has 1 saturated heterocycles. The molecule has 1 aliphatic heterocycles. The molecule has 5 rings (SSSR count). The van der Waals surface area contributed by atoms with Gasteiger partial charge in [-0.15, -0.1) is 11.3 Å². The third kappa shape index (κ3) is 2.04. The lowest BCUT2D eigenvalue weighted by atomic mass is 9.92. The number of carbonyl (C=O) groups excluding carboxylic acids is 2.